The molecule has 3 rings (SSSR count). The molecule has 1 heterocycles. The second-order valence-corrected chi connectivity index (χ2v) is 7.77. The highest BCUT2D eigenvalue weighted by molar-refractivity contribution is 5.95. The Hall–Kier alpha value is -2.95. The van der Waals surface area contributed by atoms with Gasteiger partial charge in [0.2, 0.25) is 5.91 Å². The third kappa shape index (κ3) is 4.91. The number of allylic oxidation sites excluding steroid dienone is 1. The molecule has 1 aliphatic rings. The van der Waals surface area contributed by atoms with Gasteiger partial charge in [0.15, 0.2) is 0 Å². The van der Waals surface area contributed by atoms with Gasteiger partial charge >= 0.3 is 5.97 Å². The summed E-state index contributed by atoms with van der Waals surface area (Å²) in [5.74, 6) is -1.09. The van der Waals surface area contributed by atoms with Gasteiger partial charge in [-0.05, 0) is 36.1 Å². The predicted molar refractivity (Wildman–Crippen MR) is 109 cm³/mol. The molecule has 0 N–H and O–H groups in total. The number of esters is 1. The number of hydrogen-bond donors (Lipinski definition) is 0. The molecule has 2 aromatic rings. The fraction of sp³-hybridized carbons (Fsp3) is 0.333. The molecule has 0 saturated heterocycles. The summed E-state index contributed by atoms with van der Waals surface area (Å²) in [4.78, 5) is 27.6. The van der Waals surface area contributed by atoms with Gasteiger partial charge in [-0.3, -0.25) is 4.79 Å². The van der Waals surface area contributed by atoms with E-state index in [-0.39, 0.29) is 24.1 Å². The maximum absolute atomic E-state index is 13.4. The maximum Gasteiger partial charge on any atom is 0.336 e. The van der Waals surface area contributed by atoms with Crippen molar-refractivity contribution in [3.8, 4) is 0 Å². The number of carbonyl (C=O) groups excluding carboxylic acids is 2. The molecule has 0 radical (unpaired) electrons. The molecule has 1 aliphatic heterocycles. The van der Waals surface area contributed by atoms with E-state index in [1.54, 1.807) is 24.0 Å². The molecule has 152 valence electrons. The molecule has 2 aromatic carbocycles. The van der Waals surface area contributed by atoms with E-state index in [9.17, 15) is 14.0 Å². The Bertz CT molecular complexity index is 903. The monoisotopic (exact) mass is 395 g/mol. The summed E-state index contributed by atoms with van der Waals surface area (Å²) in [5.41, 5.74) is 2.77. The van der Waals surface area contributed by atoms with E-state index in [1.165, 1.54) is 12.1 Å². The lowest BCUT2D eigenvalue weighted by Crippen LogP contribution is -2.38. The minimum atomic E-state index is -0.449. The Balaban J connectivity index is 1.99. The molecule has 0 bridgehead atoms. The Morgan fingerprint density at radius 1 is 1.14 bits per heavy atom. The number of amides is 1. The number of rotatable bonds is 6. The van der Waals surface area contributed by atoms with Crippen molar-refractivity contribution in [2.75, 3.05) is 6.61 Å². The Morgan fingerprint density at radius 3 is 2.41 bits per heavy atom. The van der Waals surface area contributed by atoms with Crippen LogP contribution >= 0.6 is 0 Å². The first-order valence-corrected chi connectivity index (χ1v) is 9.84. The topological polar surface area (TPSA) is 46.6 Å². The third-order valence-corrected chi connectivity index (χ3v) is 5.05. The van der Waals surface area contributed by atoms with Gasteiger partial charge in [-0.1, -0.05) is 56.3 Å². The van der Waals surface area contributed by atoms with Crippen molar-refractivity contribution >= 4 is 11.9 Å². The van der Waals surface area contributed by atoms with Gasteiger partial charge in [-0.25, -0.2) is 9.18 Å². The second-order valence-electron chi connectivity index (χ2n) is 7.77. The molecule has 29 heavy (non-hydrogen) atoms. The van der Waals surface area contributed by atoms with Crippen molar-refractivity contribution < 1.29 is 18.7 Å². The smallest absolute Gasteiger partial charge is 0.336 e. The zero-order valence-corrected chi connectivity index (χ0v) is 17.0. The van der Waals surface area contributed by atoms with Crippen molar-refractivity contribution in [3.63, 3.8) is 0 Å². The van der Waals surface area contributed by atoms with Crippen molar-refractivity contribution in [2.45, 2.75) is 39.7 Å². The van der Waals surface area contributed by atoms with Crippen LogP contribution in [0.5, 0.6) is 0 Å². The van der Waals surface area contributed by atoms with E-state index in [0.29, 0.717) is 24.4 Å². The number of hydrogen-bond acceptors (Lipinski definition) is 3. The van der Waals surface area contributed by atoms with Crippen LogP contribution in [0.4, 0.5) is 4.39 Å². The summed E-state index contributed by atoms with van der Waals surface area (Å²) in [6, 6.07) is 15.6. The predicted octanol–water partition coefficient (Wildman–Crippen LogP) is 4.82. The van der Waals surface area contributed by atoms with E-state index in [2.05, 4.69) is 0 Å². The molecular weight excluding hydrogens is 369 g/mol. The molecule has 0 aliphatic carbocycles. The zero-order chi connectivity index (χ0) is 21.0. The van der Waals surface area contributed by atoms with Crippen molar-refractivity contribution in [2.24, 2.45) is 5.92 Å². The van der Waals surface area contributed by atoms with Crippen LogP contribution in [0.1, 0.15) is 44.2 Å². The maximum atomic E-state index is 13.4. The molecule has 0 fully saturated rings. The fourth-order valence-electron chi connectivity index (χ4n) is 3.53. The molecule has 0 saturated carbocycles. The second kappa shape index (κ2) is 9.03. The van der Waals surface area contributed by atoms with Crippen LogP contribution < -0.4 is 0 Å². The molecule has 1 unspecified atom stereocenters. The van der Waals surface area contributed by atoms with Gasteiger partial charge in [0.05, 0.1) is 18.7 Å². The number of benzene rings is 2. The summed E-state index contributed by atoms with van der Waals surface area (Å²) in [7, 11) is 0. The first kappa shape index (κ1) is 20.8. The molecule has 4 nitrogen and oxygen atoms in total. The van der Waals surface area contributed by atoms with Gasteiger partial charge in [-0.2, -0.15) is 0 Å². The standard InChI is InChI=1S/C24H26FNO3/c1-16(2)15-29-24(28)23-17(3)26(14-18-7-5-4-6-8-18)22(27)13-21(23)19-9-11-20(25)12-10-19/h4-12,16,21H,13-15H2,1-3H3. The van der Waals surface area contributed by atoms with E-state index in [4.69, 9.17) is 4.74 Å². The molecular formula is C24H26FNO3. The van der Waals surface area contributed by atoms with Crippen molar-refractivity contribution in [1.29, 1.82) is 0 Å². The van der Waals surface area contributed by atoms with Gasteiger partial charge < -0.3 is 9.64 Å². The van der Waals surface area contributed by atoms with Crippen molar-refractivity contribution in [1.82, 2.24) is 4.90 Å². The van der Waals surface area contributed by atoms with Crippen LogP contribution in [-0.2, 0) is 20.9 Å². The van der Waals surface area contributed by atoms with Crippen LogP contribution in [0.15, 0.2) is 65.9 Å². The van der Waals surface area contributed by atoms with Gasteiger partial charge in [-0.15, -0.1) is 0 Å². The van der Waals surface area contributed by atoms with Crippen molar-refractivity contribution in [3.05, 3.63) is 82.8 Å². The minimum Gasteiger partial charge on any atom is -0.462 e. The SMILES string of the molecule is CC1=C(C(=O)OCC(C)C)C(c2ccc(F)cc2)CC(=O)N1Cc1ccccc1. The average molecular weight is 395 g/mol. The number of ether oxygens (including phenoxy) is 1. The van der Waals surface area contributed by atoms with Gasteiger partial charge in [0, 0.05) is 18.0 Å². The summed E-state index contributed by atoms with van der Waals surface area (Å²) in [5, 5.41) is 0. The quantitative estimate of drug-likeness (QED) is 0.659. The van der Waals surface area contributed by atoms with E-state index >= 15 is 0 Å². The highest BCUT2D eigenvalue weighted by Gasteiger charge is 2.37. The summed E-state index contributed by atoms with van der Waals surface area (Å²) in [6.45, 7) is 6.42. The first-order valence-electron chi connectivity index (χ1n) is 9.84. The molecule has 1 atom stereocenters. The lowest BCUT2D eigenvalue weighted by Gasteiger charge is -2.34. The van der Waals surface area contributed by atoms with Crippen LogP contribution in [0, 0.1) is 11.7 Å². The van der Waals surface area contributed by atoms with Gasteiger partial charge in [0.25, 0.3) is 0 Å². The minimum absolute atomic E-state index is 0.0684. The number of carbonyl (C=O) groups is 2. The first-order chi connectivity index (χ1) is 13.9. The highest BCUT2D eigenvalue weighted by Crippen LogP contribution is 2.37. The summed E-state index contributed by atoms with van der Waals surface area (Å²) in [6.07, 6.45) is 0.141. The molecule has 1 amide bonds. The Morgan fingerprint density at radius 2 is 1.79 bits per heavy atom. The van der Waals surface area contributed by atoms with Crippen LogP contribution in [-0.4, -0.2) is 23.4 Å². The number of halogens is 1. The Kier molecular flexibility index (Phi) is 6.47. The van der Waals surface area contributed by atoms with Gasteiger partial charge in [0.1, 0.15) is 5.82 Å². The Labute approximate surface area is 171 Å². The van der Waals surface area contributed by atoms with Crippen LogP contribution in [0.25, 0.3) is 0 Å². The average Bonchev–Trinajstić information content (AvgIpc) is 2.70. The lowest BCUT2D eigenvalue weighted by molar-refractivity contribution is -0.141. The van der Waals surface area contributed by atoms with E-state index in [0.717, 1.165) is 11.1 Å². The highest BCUT2D eigenvalue weighted by atomic mass is 19.1. The molecule has 5 heteroatoms. The molecule has 0 spiro atoms. The third-order valence-electron chi connectivity index (χ3n) is 5.05. The summed E-state index contributed by atoms with van der Waals surface area (Å²) < 4.78 is 18.9. The van der Waals surface area contributed by atoms with E-state index in [1.807, 2.05) is 44.2 Å². The summed E-state index contributed by atoms with van der Waals surface area (Å²) >= 11 is 0. The van der Waals surface area contributed by atoms with Crippen LogP contribution in [0.3, 0.4) is 0 Å². The lowest BCUT2D eigenvalue weighted by atomic mass is 9.83. The van der Waals surface area contributed by atoms with Crippen LogP contribution in [0.2, 0.25) is 0 Å². The molecule has 0 aromatic heterocycles. The van der Waals surface area contributed by atoms with E-state index < -0.39 is 11.9 Å². The zero-order valence-electron chi connectivity index (χ0n) is 17.0. The number of nitrogens with zero attached hydrogens (tertiary/aromatic N) is 1. The fourth-order valence-corrected chi connectivity index (χ4v) is 3.53. The largest absolute Gasteiger partial charge is 0.462 e. The normalized spacial score (nSPS) is 17.1.